The van der Waals surface area contributed by atoms with Crippen LogP contribution in [0.2, 0.25) is 5.02 Å². The van der Waals surface area contributed by atoms with Crippen LogP contribution in [0.4, 0.5) is 5.69 Å². The molecule has 0 aromatic heterocycles. The number of carboxylic acid groups (broad SMARTS) is 1. The fourth-order valence-corrected chi connectivity index (χ4v) is 1.78. The van der Waals surface area contributed by atoms with E-state index in [9.17, 15) is 9.59 Å². The molecule has 0 aliphatic heterocycles. The molecule has 0 saturated carbocycles. The Morgan fingerprint density at radius 2 is 2.20 bits per heavy atom. The molecule has 0 unspecified atom stereocenters. The van der Waals surface area contributed by atoms with Crippen molar-refractivity contribution in [3.63, 3.8) is 0 Å². The molecule has 0 fully saturated rings. The normalized spacial score (nSPS) is 11.7. The molecule has 0 spiro atoms. The van der Waals surface area contributed by atoms with Crippen LogP contribution in [-0.4, -0.2) is 29.6 Å². The summed E-state index contributed by atoms with van der Waals surface area (Å²) in [6, 6.07) is 4.20. The van der Waals surface area contributed by atoms with E-state index in [1.54, 1.807) is 25.1 Å². The van der Waals surface area contributed by atoms with Crippen LogP contribution in [0.5, 0.6) is 0 Å². The first kappa shape index (κ1) is 16.2. The lowest BCUT2D eigenvalue weighted by Gasteiger charge is -2.14. The van der Waals surface area contributed by atoms with E-state index < -0.39 is 12.0 Å². The summed E-state index contributed by atoms with van der Waals surface area (Å²) in [5.74, 6) is -1.47. The van der Waals surface area contributed by atoms with Crippen molar-refractivity contribution < 1.29 is 14.7 Å². The van der Waals surface area contributed by atoms with Crippen molar-refractivity contribution in [1.82, 2.24) is 5.32 Å². The third-order valence-electron chi connectivity index (χ3n) is 2.74. The smallest absolute Gasteiger partial charge is 0.321 e. The number of hydrogen-bond donors (Lipinski definition) is 3. The minimum Gasteiger partial charge on any atom is -0.480 e. The third-order valence-corrected chi connectivity index (χ3v) is 3.15. The van der Waals surface area contributed by atoms with Crippen LogP contribution in [0.3, 0.4) is 0 Å². The van der Waals surface area contributed by atoms with E-state index in [1.807, 2.05) is 0 Å². The highest BCUT2D eigenvalue weighted by Crippen LogP contribution is 2.23. The Labute approximate surface area is 122 Å². The van der Waals surface area contributed by atoms with Crippen LogP contribution in [0.1, 0.15) is 12.0 Å². The molecule has 1 aromatic rings. The minimum absolute atomic E-state index is 0.172. The predicted molar refractivity (Wildman–Crippen MR) is 79.1 cm³/mol. The molecule has 108 valence electrons. The van der Waals surface area contributed by atoms with Gasteiger partial charge in [0.15, 0.2) is 0 Å². The van der Waals surface area contributed by atoms with Gasteiger partial charge < -0.3 is 15.7 Å². The lowest BCUT2D eigenvalue weighted by Crippen LogP contribution is -2.39. The molecule has 1 aromatic carbocycles. The lowest BCUT2D eigenvalue weighted by atomic mass is 10.1. The van der Waals surface area contributed by atoms with Gasteiger partial charge >= 0.3 is 5.97 Å². The minimum atomic E-state index is -1.08. The maximum Gasteiger partial charge on any atom is 0.321 e. The Kier molecular flexibility index (Phi) is 6.21. The molecular weight excluding hydrogens is 280 g/mol. The molecule has 0 heterocycles. The molecule has 1 amide bonds. The van der Waals surface area contributed by atoms with E-state index in [4.69, 9.17) is 16.7 Å². The monoisotopic (exact) mass is 296 g/mol. The van der Waals surface area contributed by atoms with Gasteiger partial charge in [-0.15, -0.1) is 6.58 Å². The Morgan fingerprint density at radius 3 is 2.80 bits per heavy atom. The average molecular weight is 297 g/mol. The van der Waals surface area contributed by atoms with Gasteiger partial charge in [-0.05, 0) is 24.6 Å². The molecule has 0 radical (unpaired) electrons. The van der Waals surface area contributed by atoms with Crippen molar-refractivity contribution in [2.24, 2.45) is 0 Å². The molecule has 0 bridgehead atoms. The molecule has 5 nitrogen and oxygen atoms in total. The first-order chi connectivity index (χ1) is 9.45. The standard InChI is InChI=1S/C14H17ClN2O3/c1-3-7-16-12(14(19)20)8-13(18)17-11-6-4-5-10(15)9(11)2/h3-6,12,16H,1,7-8H2,2H3,(H,17,18)(H,19,20)/t12-/m0/s1. The van der Waals surface area contributed by atoms with Crippen molar-refractivity contribution in [3.05, 3.63) is 41.4 Å². The van der Waals surface area contributed by atoms with Crippen molar-refractivity contribution in [1.29, 1.82) is 0 Å². The van der Waals surface area contributed by atoms with Gasteiger partial charge in [0, 0.05) is 17.3 Å². The van der Waals surface area contributed by atoms with Crippen LogP contribution < -0.4 is 10.6 Å². The lowest BCUT2D eigenvalue weighted by molar-refractivity contribution is -0.140. The quantitative estimate of drug-likeness (QED) is 0.674. The zero-order valence-corrected chi connectivity index (χ0v) is 11.9. The number of carbonyl (C=O) groups is 2. The summed E-state index contributed by atoms with van der Waals surface area (Å²) in [5.41, 5.74) is 1.32. The first-order valence-corrected chi connectivity index (χ1v) is 6.45. The van der Waals surface area contributed by atoms with Crippen molar-refractivity contribution in [3.8, 4) is 0 Å². The number of benzene rings is 1. The Hall–Kier alpha value is -1.85. The fraction of sp³-hybridized carbons (Fsp3) is 0.286. The van der Waals surface area contributed by atoms with Crippen LogP contribution >= 0.6 is 11.6 Å². The maximum atomic E-state index is 11.9. The van der Waals surface area contributed by atoms with Crippen molar-refractivity contribution >= 4 is 29.2 Å². The van der Waals surface area contributed by atoms with Gasteiger partial charge in [-0.1, -0.05) is 23.7 Å². The highest BCUT2D eigenvalue weighted by Gasteiger charge is 2.20. The highest BCUT2D eigenvalue weighted by molar-refractivity contribution is 6.31. The summed E-state index contributed by atoms with van der Waals surface area (Å²) in [6.45, 7) is 5.59. The van der Waals surface area contributed by atoms with E-state index in [2.05, 4.69) is 17.2 Å². The molecule has 1 atom stereocenters. The van der Waals surface area contributed by atoms with Crippen LogP contribution in [0.15, 0.2) is 30.9 Å². The SMILES string of the molecule is C=CCN[C@@H](CC(=O)Nc1cccc(Cl)c1C)C(=O)O. The zero-order valence-electron chi connectivity index (χ0n) is 11.1. The number of nitrogens with one attached hydrogen (secondary N) is 2. The number of amides is 1. The van der Waals surface area contributed by atoms with Crippen molar-refractivity contribution in [2.75, 3.05) is 11.9 Å². The van der Waals surface area contributed by atoms with Gasteiger partial charge in [-0.2, -0.15) is 0 Å². The topological polar surface area (TPSA) is 78.4 Å². The molecule has 0 aliphatic rings. The summed E-state index contributed by atoms with van der Waals surface area (Å²) in [4.78, 5) is 22.9. The number of carbonyl (C=O) groups excluding carboxylic acids is 1. The highest BCUT2D eigenvalue weighted by atomic mass is 35.5. The second-order valence-electron chi connectivity index (χ2n) is 4.25. The number of anilines is 1. The van der Waals surface area contributed by atoms with E-state index in [1.165, 1.54) is 6.08 Å². The van der Waals surface area contributed by atoms with Gasteiger partial charge in [-0.25, -0.2) is 0 Å². The molecule has 1 rings (SSSR count). The summed E-state index contributed by atoms with van der Waals surface area (Å²) >= 11 is 5.95. The molecule has 20 heavy (non-hydrogen) atoms. The Bertz CT molecular complexity index is 517. The number of halogens is 1. The van der Waals surface area contributed by atoms with E-state index in [0.717, 1.165) is 5.56 Å². The van der Waals surface area contributed by atoms with Crippen LogP contribution in [0.25, 0.3) is 0 Å². The second kappa shape index (κ2) is 7.67. The van der Waals surface area contributed by atoms with Gasteiger partial charge in [0.1, 0.15) is 6.04 Å². The largest absolute Gasteiger partial charge is 0.480 e. The van der Waals surface area contributed by atoms with Crippen LogP contribution in [0, 0.1) is 6.92 Å². The number of rotatable bonds is 7. The van der Waals surface area contributed by atoms with Gasteiger partial charge in [0.05, 0.1) is 6.42 Å². The summed E-state index contributed by atoms with van der Waals surface area (Å²) in [7, 11) is 0. The number of hydrogen-bond acceptors (Lipinski definition) is 3. The summed E-state index contributed by atoms with van der Waals surface area (Å²) in [5, 5.41) is 14.9. The number of aliphatic carboxylic acids is 1. The maximum absolute atomic E-state index is 11.9. The molecule has 6 heteroatoms. The molecular formula is C14H17ClN2O3. The molecule has 0 aliphatic carbocycles. The first-order valence-electron chi connectivity index (χ1n) is 6.07. The second-order valence-corrected chi connectivity index (χ2v) is 4.66. The molecule has 0 saturated heterocycles. The summed E-state index contributed by atoms with van der Waals surface area (Å²) in [6.07, 6.45) is 1.37. The van der Waals surface area contributed by atoms with E-state index >= 15 is 0 Å². The third kappa shape index (κ3) is 4.68. The Balaban J connectivity index is 2.68. The van der Waals surface area contributed by atoms with Crippen LogP contribution in [-0.2, 0) is 9.59 Å². The van der Waals surface area contributed by atoms with Crippen molar-refractivity contribution in [2.45, 2.75) is 19.4 Å². The Morgan fingerprint density at radius 1 is 1.50 bits per heavy atom. The number of carboxylic acids is 1. The predicted octanol–water partition coefficient (Wildman–Crippen LogP) is 2.21. The van der Waals surface area contributed by atoms with Gasteiger partial charge in [0.25, 0.3) is 0 Å². The van der Waals surface area contributed by atoms with E-state index in [0.29, 0.717) is 17.3 Å². The van der Waals surface area contributed by atoms with Gasteiger partial charge in [-0.3, -0.25) is 9.59 Å². The fourth-order valence-electron chi connectivity index (χ4n) is 1.60. The average Bonchev–Trinajstić information content (AvgIpc) is 2.39. The summed E-state index contributed by atoms with van der Waals surface area (Å²) < 4.78 is 0. The van der Waals surface area contributed by atoms with E-state index in [-0.39, 0.29) is 12.3 Å². The van der Waals surface area contributed by atoms with Gasteiger partial charge in [0.2, 0.25) is 5.91 Å². The zero-order chi connectivity index (χ0) is 15.1. The molecule has 3 N–H and O–H groups in total.